The zero-order chi connectivity index (χ0) is 21.6. The number of unbranched alkanes of at least 4 members (excludes halogenated alkanes) is 1. The van der Waals surface area contributed by atoms with E-state index in [9.17, 15) is 0 Å². The first-order valence-corrected chi connectivity index (χ1v) is 11.3. The smallest absolute Gasteiger partial charge is 0.213 e. The van der Waals surface area contributed by atoms with Gasteiger partial charge in [0.2, 0.25) is 5.88 Å². The van der Waals surface area contributed by atoms with Gasteiger partial charge >= 0.3 is 0 Å². The van der Waals surface area contributed by atoms with Gasteiger partial charge in [-0.25, -0.2) is 4.98 Å². The average molecular weight is 480 g/mol. The van der Waals surface area contributed by atoms with Crippen LogP contribution < -0.4 is 4.74 Å². The Morgan fingerprint density at radius 2 is 1.80 bits per heavy atom. The summed E-state index contributed by atoms with van der Waals surface area (Å²) in [6.07, 6.45) is 11.1. The van der Waals surface area contributed by atoms with Crippen molar-refractivity contribution < 1.29 is 14.2 Å². The zero-order valence-corrected chi connectivity index (χ0v) is 19.9. The van der Waals surface area contributed by atoms with Crippen LogP contribution in [0.4, 0.5) is 0 Å². The van der Waals surface area contributed by atoms with Crippen LogP contribution in [-0.4, -0.2) is 55.8 Å². The second kappa shape index (κ2) is 14.5. The van der Waals surface area contributed by atoms with E-state index in [0.717, 1.165) is 22.4 Å². The summed E-state index contributed by atoms with van der Waals surface area (Å²) in [4.78, 5) is 10.5. The number of nitrogens with zero attached hydrogens (tertiary/aromatic N) is 3. The molecule has 0 spiro atoms. The van der Waals surface area contributed by atoms with Crippen LogP contribution in [0.15, 0.2) is 47.3 Å². The van der Waals surface area contributed by atoms with Crippen molar-refractivity contribution >= 4 is 15.9 Å². The van der Waals surface area contributed by atoms with Gasteiger partial charge in [-0.3, -0.25) is 4.98 Å². The molecule has 1 aliphatic rings. The molecule has 7 heteroatoms. The Bertz CT molecular complexity index is 667. The molecule has 166 valence electrons. The lowest BCUT2D eigenvalue weighted by atomic mass is 9.92. The molecule has 1 fully saturated rings. The van der Waals surface area contributed by atoms with Gasteiger partial charge in [-0.1, -0.05) is 12.5 Å². The molecular formula is C23H34BrN3O3. The predicted octanol–water partition coefficient (Wildman–Crippen LogP) is 5.11. The molecule has 0 aliphatic carbocycles. The third kappa shape index (κ3) is 9.08. The Kier molecular flexibility index (Phi) is 11.9. The summed E-state index contributed by atoms with van der Waals surface area (Å²) in [7, 11) is 5.44. The molecule has 3 heterocycles. The molecule has 6 nitrogen and oxygen atoms in total. The minimum atomic E-state index is -0.422. The molecular weight excluding hydrogens is 446 g/mol. The van der Waals surface area contributed by atoms with Gasteiger partial charge in [-0.05, 0) is 79.8 Å². The number of piperidine rings is 1. The number of likely N-dealkylation sites (tertiary alicyclic amines) is 1. The summed E-state index contributed by atoms with van der Waals surface area (Å²) in [5, 5.41) is 0. The number of hydrogen-bond donors (Lipinski definition) is 0. The second-order valence-corrected chi connectivity index (χ2v) is 8.32. The van der Waals surface area contributed by atoms with Crippen molar-refractivity contribution in [3.05, 3.63) is 52.9 Å². The maximum Gasteiger partial charge on any atom is 0.213 e. The van der Waals surface area contributed by atoms with Gasteiger partial charge in [0.1, 0.15) is 0 Å². The van der Waals surface area contributed by atoms with Crippen LogP contribution in [0.1, 0.15) is 44.0 Å². The summed E-state index contributed by atoms with van der Waals surface area (Å²) < 4.78 is 17.2. The maximum absolute atomic E-state index is 5.80. The molecule has 1 aliphatic heterocycles. The number of pyridine rings is 2. The molecule has 0 amide bonds. The van der Waals surface area contributed by atoms with E-state index in [0.29, 0.717) is 12.5 Å². The minimum absolute atomic E-state index is 0.422. The van der Waals surface area contributed by atoms with E-state index >= 15 is 0 Å². The number of halogens is 1. The Hall–Kier alpha value is -1.54. The van der Waals surface area contributed by atoms with E-state index in [2.05, 4.69) is 37.8 Å². The first-order valence-electron chi connectivity index (χ1n) is 10.5. The van der Waals surface area contributed by atoms with E-state index in [-0.39, 0.29) is 0 Å². The largest absolute Gasteiger partial charge is 0.478 e. The topological polar surface area (TPSA) is 56.7 Å². The molecule has 2 aromatic heterocycles. The molecule has 0 saturated carbocycles. The highest BCUT2D eigenvalue weighted by Gasteiger charge is 2.16. The lowest BCUT2D eigenvalue weighted by Crippen LogP contribution is -2.30. The molecule has 3 rings (SSSR count). The number of methoxy groups -OCH3 is 2. The van der Waals surface area contributed by atoms with Crippen molar-refractivity contribution in [2.75, 3.05) is 41.0 Å². The van der Waals surface area contributed by atoms with Gasteiger partial charge < -0.3 is 19.1 Å². The third-order valence-corrected chi connectivity index (χ3v) is 5.87. The highest BCUT2D eigenvalue weighted by atomic mass is 79.9. The molecule has 2 aromatic rings. The van der Waals surface area contributed by atoms with E-state index < -0.39 is 6.29 Å². The lowest BCUT2D eigenvalue weighted by Gasteiger charge is -2.28. The maximum atomic E-state index is 5.80. The predicted molar refractivity (Wildman–Crippen MR) is 123 cm³/mol. The normalized spacial score (nSPS) is 15.0. The van der Waals surface area contributed by atoms with Gasteiger partial charge in [0, 0.05) is 48.9 Å². The summed E-state index contributed by atoms with van der Waals surface area (Å²) in [5.74, 6) is 1.51. The molecule has 0 aromatic carbocycles. The molecule has 0 radical (unpaired) electrons. The van der Waals surface area contributed by atoms with Crippen molar-refractivity contribution in [2.45, 2.75) is 38.4 Å². The number of ether oxygens (including phenoxy) is 3. The van der Waals surface area contributed by atoms with Gasteiger partial charge in [0.15, 0.2) is 6.29 Å². The first-order chi connectivity index (χ1) is 14.6. The Balaban J connectivity index is 0.000000456. The monoisotopic (exact) mass is 479 g/mol. The van der Waals surface area contributed by atoms with Crippen molar-refractivity contribution in [3.63, 3.8) is 0 Å². The summed E-state index contributed by atoms with van der Waals surface area (Å²) in [6.45, 7) is 3.19. The van der Waals surface area contributed by atoms with Crippen molar-refractivity contribution in [2.24, 2.45) is 5.92 Å². The fourth-order valence-corrected chi connectivity index (χ4v) is 3.82. The third-order valence-electron chi connectivity index (χ3n) is 5.20. The Labute approximate surface area is 189 Å². The van der Waals surface area contributed by atoms with Crippen LogP contribution >= 0.6 is 15.9 Å². The fraction of sp³-hybridized carbons (Fsp3) is 0.565. The van der Waals surface area contributed by atoms with E-state index in [1.54, 1.807) is 32.8 Å². The molecule has 30 heavy (non-hydrogen) atoms. The van der Waals surface area contributed by atoms with Crippen LogP contribution in [0.3, 0.4) is 0 Å². The summed E-state index contributed by atoms with van der Waals surface area (Å²) in [5.41, 5.74) is 0.885. The van der Waals surface area contributed by atoms with Gasteiger partial charge in [-0.15, -0.1) is 0 Å². The van der Waals surface area contributed by atoms with E-state index in [1.165, 1.54) is 38.8 Å². The second-order valence-electron chi connectivity index (χ2n) is 7.46. The van der Waals surface area contributed by atoms with Gasteiger partial charge in [-0.2, -0.15) is 0 Å². The van der Waals surface area contributed by atoms with Crippen LogP contribution in [0, 0.1) is 5.92 Å². The average Bonchev–Trinajstić information content (AvgIpc) is 2.79. The fourth-order valence-electron chi connectivity index (χ4n) is 3.42. The van der Waals surface area contributed by atoms with Crippen molar-refractivity contribution in [1.29, 1.82) is 0 Å². The van der Waals surface area contributed by atoms with Crippen LogP contribution in [0.2, 0.25) is 0 Å². The van der Waals surface area contributed by atoms with Gasteiger partial charge in [0.05, 0.1) is 6.61 Å². The van der Waals surface area contributed by atoms with Gasteiger partial charge in [0.25, 0.3) is 0 Å². The quantitative estimate of drug-likeness (QED) is 0.367. The number of hydrogen-bond acceptors (Lipinski definition) is 6. The Morgan fingerprint density at radius 3 is 2.37 bits per heavy atom. The van der Waals surface area contributed by atoms with Crippen molar-refractivity contribution in [3.8, 4) is 5.88 Å². The number of rotatable bonds is 9. The molecule has 0 bridgehead atoms. The standard InChI is InChI=1S/C18H29BrN2O3.C5H5N/c1-21-9-7-14(8-10-21)6-4-5-11-24-17-12-15(16(19)13-20-17)18(22-2)23-3;1-2-4-6-5-3-1/h12-14,18H,4-11H2,1-3H3;1-5H. The lowest BCUT2D eigenvalue weighted by molar-refractivity contribution is -0.106. The molecule has 1 saturated heterocycles. The summed E-state index contributed by atoms with van der Waals surface area (Å²) >= 11 is 3.47. The summed E-state index contributed by atoms with van der Waals surface area (Å²) in [6, 6.07) is 7.59. The van der Waals surface area contributed by atoms with Crippen molar-refractivity contribution in [1.82, 2.24) is 14.9 Å². The SMILES string of the molecule is COC(OC)c1cc(OCCCCC2CCN(C)CC2)ncc1Br.c1ccncc1. The molecule has 0 unspecified atom stereocenters. The highest BCUT2D eigenvalue weighted by Crippen LogP contribution is 2.28. The zero-order valence-electron chi connectivity index (χ0n) is 18.3. The minimum Gasteiger partial charge on any atom is -0.478 e. The van der Waals surface area contributed by atoms with E-state index in [4.69, 9.17) is 14.2 Å². The van der Waals surface area contributed by atoms with Crippen LogP contribution in [0.5, 0.6) is 5.88 Å². The first kappa shape index (κ1) is 24.7. The molecule has 0 N–H and O–H groups in total. The Morgan fingerprint density at radius 1 is 1.10 bits per heavy atom. The molecule has 0 atom stereocenters. The van der Waals surface area contributed by atoms with Crippen LogP contribution in [0.25, 0.3) is 0 Å². The highest BCUT2D eigenvalue weighted by molar-refractivity contribution is 9.10. The van der Waals surface area contributed by atoms with E-state index in [1.807, 2.05) is 24.3 Å². The van der Waals surface area contributed by atoms with Crippen LogP contribution in [-0.2, 0) is 9.47 Å². The number of aromatic nitrogens is 2.